The van der Waals surface area contributed by atoms with Crippen molar-refractivity contribution < 1.29 is 40.8 Å². The van der Waals surface area contributed by atoms with Gasteiger partial charge in [0.1, 0.15) is 6.21 Å². The molecular weight excluding hydrogens is 432 g/mol. The fourth-order valence-corrected chi connectivity index (χ4v) is 2.22. The van der Waals surface area contributed by atoms with Gasteiger partial charge >= 0.3 is 12.4 Å². The molecule has 2 amide bonds. The number of anilines is 2. The van der Waals surface area contributed by atoms with Crippen LogP contribution in [0.3, 0.4) is 0 Å². The summed E-state index contributed by atoms with van der Waals surface area (Å²) in [6.45, 7) is 1.00. The van der Waals surface area contributed by atoms with E-state index in [-0.39, 0.29) is 6.07 Å². The first kappa shape index (κ1) is 23.7. The maximum absolute atomic E-state index is 12.8. The molecule has 0 fully saturated rings. The molecule has 0 aliphatic heterocycles. The number of hydrogen-bond acceptors (Lipinski definition) is 4. The number of halogens is 6. The summed E-state index contributed by atoms with van der Waals surface area (Å²) in [5.41, 5.74) is -2.43. The highest BCUT2D eigenvalue weighted by Crippen LogP contribution is 2.37. The Bertz CT molecular complexity index is 937. The number of carbonyl (C=O) groups excluding carboxylic acids is 2. The van der Waals surface area contributed by atoms with Crippen molar-refractivity contribution in [3.05, 3.63) is 59.2 Å². The third kappa shape index (κ3) is 7.64. The number of rotatable bonds is 6. The summed E-state index contributed by atoms with van der Waals surface area (Å²) in [6, 6.07) is 7.43. The zero-order valence-corrected chi connectivity index (χ0v) is 15.8. The summed E-state index contributed by atoms with van der Waals surface area (Å²) < 4.78 is 76.9. The summed E-state index contributed by atoms with van der Waals surface area (Å²) in [6.07, 6.45) is -9.39. The van der Waals surface area contributed by atoms with E-state index in [4.69, 9.17) is 0 Å². The van der Waals surface area contributed by atoms with Crippen LogP contribution in [0.4, 0.5) is 37.7 Å². The molecule has 0 bridgehead atoms. The van der Waals surface area contributed by atoms with Gasteiger partial charge in [0.2, 0.25) is 0 Å². The average Bonchev–Trinajstić information content (AvgIpc) is 2.65. The van der Waals surface area contributed by atoms with Crippen molar-refractivity contribution >= 4 is 29.4 Å². The first-order valence-electron chi connectivity index (χ1n) is 8.47. The number of aryl methyl sites for hydroxylation is 1. The smallest absolute Gasteiger partial charge is 0.385 e. The van der Waals surface area contributed by atoms with Crippen LogP contribution < -0.4 is 10.6 Å². The zero-order valence-electron chi connectivity index (χ0n) is 15.8. The van der Waals surface area contributed by atoms with Gasteiger partial charge in [-0.1, -0.05) is 22.9 Å². The average molecular weight is 447 g/mol. The molecule has 2 aromatic rings. The Labute approximate surface area is 171 Å². The van der Waals surface area contributed by atoms with Crippen molar-refractivity contribution in [3.63, 3.8) is 0 Å². The van der Waals surface area contributed by atoms with Crippen LogP contribution in [0.15, 0.2) is 47.6 Å². The van der Waals surface area contributed by atoms with Gasteiger partial charge in [-0.05, 0) is 37.3 Å². The molecular formula is C19H15F6N3O3. The molecule has 0 atom stereocenters. The largest absolute Gasteiger partial charge is 0.416 e. The molecule has 12 heteroatoms. The molecule has 0 aliphatic carbocycles. The van der Waals surface area contributed by atoms with Crippen LogP contribution >= 0.6 is 0 Å². The molecule has 0 unspecified atom stereocenters. The Hall–Kier alpha value is -3.57. The quantitative estimate of drug-likeness (QED) is 0.386. The Kier molecular flexibility index (Phi) is 7.26. The van der Waals surface area contributed by atoms with Gasteiger partial charge < -0.3 is 15.5 Å². The summed E-state index contributed by atoms with van der Waals surface area (Å²) >= 11 is 0. The highest BCUT2D eigenvalue weighted by atomic mass is 19.4. The van der Waals surface area contributed by atoms with E-state index in [0.29, 0.717) is 24.0 Å². The Morgan fingerprint density at radius 3 is 1.97 bits per heavy atom. The molecule has 0 spiro atoms. The van der Waals surface area contributed by atoms with Gasteiger partial charge in [-0.2, -0.15) is 26.3 Å². The molecule has 0 aliphatic rings. The van der Waals surface area contributed by atoms with E-state index < -0.39 is 47.6 Å². The van der Waals surface area contributed by atoms with E-state index in [2.05, 4.69) is 15.3 Å². The van der Waals surface area contributed by atoms with Gasteiger partial charge in [0.15, 0.2) is 6.61 Å². The Morgan fingerprint density at radius 2 is 1.45 bits per heavy atom. The van der Waals surface area contributed by atoms with Crippen LogP contribution in [0.2, 0.25) is 0 Å². The molecule has 2 N–H and O–H groups in total. The summed E-state index contributed by atoms with van der Waals surface area (Å²) in [7, 11) is 0. The topological polar surface area (TPSA) is 79.8 Å². The van der Waals surface area contributed by atoms with E-state index in [1.807, 2.05) is 12.2 Å². The maximum Gasteiger partial charge on any atom is 0.416 e. The number of alkyl halides is 6. The third-order valence-corrected chi connectivity index (χ3v) is 3.63. The number of amides is 2. The fourth-order valence-electron chi connectivity index (χ4n) is 2.22. The van der Waals surface area contributed by atoms with Crippen LogP contribution in [0.25, 0.3) is 0 Å². The first-order valence-corrected chi connectivity index (χ1v) is 8.47. The summed E-state index contributed by atoms with van der Waals surface area (Å²) in [5.74, 6) is -1.76. The normalized spacial score (nSPS) is 12.0. The molecule has 2 rings (SSSR count). The van der Waals surface area contributed by atoms with E-state index >= 15 is 0 Å². The molecule has 0 aromatic heterocycles. The van der Waals surface area contributed by atoms with Crippen molar-refractivity contribution in [1.82, 2.24) is 0 Å². The predicted octanol–water partition coefficient (Wildman–Crippen LogP) is 4.61. The zero-order chi connectivity index (χ0) is 23.2. The highest BCUT2D eigenvalue weighted by molar-refractivity contribution is 6.31. The number of nitrogens with zero attached hydrogens (tertiary/aromatic N) is 1. The van der Waals surface area contributed by atoms with Crippen LogP contribution in [0.5, 0.6) is 0 Å². The second-order valence-electron chi connectivity index (χ2n) is 6.21. The van der Waals surface area contributed by atoms with Crippen molar-refractivity contribution in [3.8, 4) is 0 Å². The number of nitrogens with one attached hydrogen (secondary N) is 2. The lowest BCUT2D eigenvalue weighted by molar-refractivity contribution is -0.143. The van der Waals surface area contributed by atoms with Crippen LogP contribution in [-0.4, -0.2) is 24.6 Å². The molecule has 0 radical (unpaired) electrons. The lowest BCUT2D eigenvalue weighted by Gasteiger charge is -2.14. The molecule has 31 heavy (non-hydrogen) atoms. The Morgan fingerprint density at radius 1 is 0.903 bits per heavy atom. The lowest BCUT2D eigenvalue weighted by atomic mass is 10.1. The SMILES string of the molecule is Cc1ccc(NC(=O)/C=N\OCC(=O)Nc2cc(C(F)(F)F)cc(C(F)(F)F)c2)cc1. The van der Waals surface area contributed by atoms with Crippen LogP contribution in [0.1, 0.15) is 16.7 Å². The number of carbonyl (C=O) groups is 2. The molecule has 2 aromatic carbocycles. The van der Waals surface area contributed by atoms with Crippen molar-refractivity contribution in [2.75, 3.05) is 17.2 Å². The Balaban J connectivity index is 1.94. The van der Waals surface area contributed by atoms with E-state index in [1.54, 1.807) is 24.3 Å². The van der Waals surface area contributed by atoms with Gasteiger partial charge in [-0.25, -0.2) is 0 Å². The second-order valence-corrected chi connectivity index (χ2v) is 6.21. The fraction of sp³-hybridized carbons (Fsp3) is 0.211. The van der Waals surface area contributed by atoms with Crippen LogP contribution in [0, 0.1) is 6.92 Å². The van der Waals surface area contributed by atoms with Crippen molar-refractivity contribution in [2.45, 2.75) is 19.3 Å². The number of hydrogen-bond donors (Lipinski definition) is 2. The van der Waals surface area contributed by atoms with Gasteiger partial charge in [-0.3, -0.25) is 9.59 Å². The molecule has 0 saturated carbocycles. The predicted molar refractivity (Wildman–Crippen MR) is 99.3 cm³/mol. The summed E-state index contributed by atoms with van der Waals surface area (Å²) in [4.78, 5) is 27.9. The number of oxime groups is 1. The molecule has 0 saturated heterocycles. The highest BCUT2D eigenvalue weighted by Gasteiger charge is 2.37. The van der Waals surface area contributed by atoms with E-state index in [1.165, 1.54) is 0 Å². The minimum atomic E-state index is -5.05. The molecule has 166 valence electrons. The van der Waals surface area contributed by atoms with Gasteiger partial charge in [0.05, 0.1) is 11.1 Å². The second kappa shape index (κ2) is 9.49. The van der Waals surface area contributed by atoms with E-state index in [9.17, 15) is 35.9 Å². The van der Waals surface area contributed by atoms with Crippen LogP contribution in [-0.2, 0) is 26.8 Å². The van der Waals surface area contributed by atoms with Crippen molar-refractivity contribution in [1.29, 1.82) is 0 Å². The van der Waals surface area contributed by atoms with E-state index in [0.717, 1.165) is 5.56 Å². The first-order chi connectivity index (χ1) is 14.3. The standard InChI is InChI=1S/C19H15F6N3O3/c1-11-2-4-14(5-3-11)27-16(29)9-26-31-10-17(30)28-15-7-12(18(20,21)22)6-13(8-15)19(23,24)25/h2-9H,10H2,1H3,(H,27,29)(H,28,30)/b26-9-. The molecule has 0 heterocycles. The minimum Gasteiger partial charge on any atom is -0.385 e. The molecule has 6 nitrogen and oxygen atoms in total. The summed E-state index contributed by atoms with van der Waals surface area (Å²) in [5, 5.41) is 7.54. The van der Waals surface area contributed by atoms with Gasteiger partial charge in [-0.15, -0.1) is 0 Å². The third-order valence-electron chi connectivity index (χ3n) is 3.63. The van der Waals surface area contributed by atoms with Gasteiger partial charge in [0, 0.05) is 11.4 Å². The number of benzene rings is 2. The van der Waals surface area contributed by atoms with Gasteiger partial charge in [0.25, 0.3) is 11.8 Å². The monoisotopic (exact) mass is 447 g/mol. The lowest BCUT2D eigenvalue weighted by Crippen LogP contribution is -2.19. The maximum atomic E-state index is 12.8. The minimum absolute atomic E-state index is 0.0664. The van der Waals surface area contributed by atoms with Crippen molar-refractivity contribution in [2.24, 2.45) is 5.16 Å².